The number of likely N-dealkylation sites (tertiary alicyclic amines) is 1. The second kappa shape index (κ2) is 9.38. The normalized spacial score (nSPS) is 26.8. The molecule has 4 nitrogen and oxygen atoms in total. The zero-order chi connectivity index (χ0) is 17.6. The van der Waals surface area contributed by atoms with Crippen LogP contribution in [0.15, 0.2) is 29.2 Å². The summed E-state index contributed by atoms with van der Waals surface area (Å²) >= 11 is 1.79. The van der Waals surface area contributed by atoms with Crippen molar-refractivity contribution < 1.29 is 5.11 Å². The largest absolute Gasteiger partial charge is 0.396 e. The Morgan fingerprint density at radius 3 is 2.48 bits per heavy atom. The molecule has 0 aromatic heterocycles. The highest BCUT2D eigenvalue weighted by atomic mass is 32.2. The lowest BCUT2D eigenvalue weighted by Gasteiger charge is -2.26. The van der Waals surface area contributed by atoms with Crippen LogP contribution >= 0.6 is 11.8 Å². The van der Waals surface area contributed by atoms with Crippen LogP contribution in [0.25, 0.3) is 0 Å². The van der Waals surface area contributed by atoms with Crippen molar-refractivity contribution in [1.29, 1.82) is 0 Å². The molecular formula is C20H33N3OS. The number of nitrogens with zero attached hydrogens (tertiary/aromatic N) is 3. The van der Waals surface area contributed by atoms with Crippen LogP contribution in [0.1, 0.15) is 12.0 Å². The highest BCUT2D eigenvalue weighted by molar-refractivity contribution is 7.98. The molecule has 0 bridgehead atoms. The Morgan fingerprint density at radius 1 is 1.00 bits per heavy atom. The fourth-order valence-electron chi connectivity index (χ4n) is 4.18. The maximum absolute atomic E-state index is 9.86. The molecule has 3 rings (SSSR count). The van der Waals surface area contributed by atoms with Crippen LogP contribution in [0.3, 0.4) is 0 Å². The first kappa shape index (κ1) is 19.2. The molecule has 0 amide bonds. The molecule has 2 aliphatic heterocycles. The predicted molar refractivity (Wildman–Crippen MR) is 106 cm³/mol. The second-order valence-corrected chi connectivity index (χ2v) is 8.58. The molecule has 2 fully saturated rings. The van der Waals surface area contributed by atoms with Crippen molar-refractivity contribution in [1.82, 2.24) is 14.7 Å². The molecule has 1 aromatic carbocycles. The summed E-state index contributed by atoms with van der Waals surface area (Å²) in [6, 6.07) is 8.92. The van der Waals surface area contributed by atoms with E-state index in [0.717, 1.165) is 26.2 Å². The highest BCUT2D eigenvalue weighted by Crippen LogP contribution is 2.26. The summed E-state index contributed by atoms with van der Waals surface area (Å²) in [5.74, 6) is 1.02. The van der Waals surface area contributed by atoms with Crippen LogP contribution in [0, 0.1) is 11.8 Å². The van der Waals surface area contributed by atoms with Gasteiger partial charge in [-0.25, -0.2) is 0 Å². The van der Waals surface area contributed by atoms with Crippen molar-refractivity contribution in [3.05, 3.63) is 29.8 Å². The van der Waals surface area contributed by atoms with Gasteiger partial charge >= 0.3 is 0 Å². The van der Waals surface area contributed by atoms with E-state index in [0.29, 0.717) is 18.4 Å². The van der Waals surface area contributed by atoms with Gasteiger partial charge in [0.25, 0.3) is 0 Å². The lowest BCUT2D eigenvalue weighted by molar-refractivity contribution is 0.165. The van der Waals surface area contributed by atoms with Crippen LogP contribution < -0.4 is 0 Å². The SMILES string of the molecule is CSc1ccc(CN2C[C@@H](CN3CCCN(C)CC3)[C@@H](CO)C2)cc1. The smallest absolute Gasteiger partial charge is 0.0475 e. The van der Waals surface area contributed by atoms with E-state index in [-0.39, 0.29) is 0 Å². The molecule has 2 atom stereocenters. The molecular weight excluding hydrogens is 330 g/mol. The first-order chi connectivity index (χ1) is 12.2. The average molecular weight is 364 g/mol. The van der Waals surface area contributed by atoms with E-state index in [1.807, 2.05) is 0 Å². The van der Waals surface area contributed by atoms with Gasteiger partial charge in [-0.2, -0.15) is 0 Å². The lowest BCUT2D eigenvalue weighted by atomic mass is 9.96. The molecule has 1 aromatic rings. The Kier molecular flexibility index (Phi) is 7.19. The number of aliphatic hydroxyl groups excluding tert-OH is 1. The van der Waals surface area contributed by atoms with E-state index in [1.165, 1.54) is 43.1 Å². The third-order valence-electron chi connectivity index (χ3n) is 5.76. The van der Waals surface area contributed by atoms with Crippen LogP contribution in [-0.2, 0) is 6.54 Å². The van der Waals surface area contributed by atoms with Crippen molar-refractivity contribution in [2.24, 2.45) is 11.8 Å². The van der Waals surface area contributed by atoms with Gasteiger partial charge in [-0.1, -0.05) is 12.1 Å². The number of hydrogen-bond donors (Lipinski definition) is 1. The van der Waals surface area contributed by atoms with Crippen LogP contribution in [0.2, 0.25) is 0 Å². The fraction of sp³-hybridized carbons (Fsp3) is 0.700. The fourth-order valence-corrected chi connectivity index (χ4v) is 4.59. The minimum absolute atomic E-state index is 0.320. The summed E-state index contributed by atoms with van der Waals surface area (Å²) in [6.07, 6.45) is 3.38. The average Bonchev–Trinajstić information content (AvgIpc) is 2.89. The summed E-state index contributed by atoms with van der Waals surface area (Å²) in [4.78, 5) is 8.90. The molecule has 2 aliphatic rings. The minimum atomic E-state index is 0.320. The third kappa shape index (κ3) is 5.44. The third-order valence-corrected chi connectivity index (χ3v) is 6.50. The number of hydrogen-bond acceptors (Lipinski definition) is 5. The zero-order valence-corrected chi connectivity index (χ0v) is 16.5. The molecule has 0 aliphatic carbocycles. The number of aliphatic hydroxyl groups is 1. The van der Waals surface area contributed by atoms with E-state index in [2.05, 4.69) is 52.3 Å². The minimum Gasteiger partial charge on any atom is -0.396 e. The van der Waals surface area contributed by atoms with E-state index >= 15 is 0 Å². The monoisotopic (exact) mass is 363 g/mol. The van der Waals surface area contributed by atoms with Crippen molar-refractivity contribution in [2.75, 3.05) is 65.7 Å². The van der Waals surface area contributed by atoms with Gasteiger partial charge in [0.1, 0.15) is 0 Å². The van der Waals surface area contributed by atoms with Gasteiger partial charge in [-0.05, 0) is 62.3 Å². The number of benzene rings is 1. The Bertz CT molecular complexity index is 524. The molecule has 0 radical (unpaired) electrons. The quantitative estimate of drug-likeness (QED) is 0.782. The van der Waals surface area contributed by atoms with Gasteiger partial charge in [-0.3, -0.25) is 4.90 Å². The van der Waals surface area contributed by atoms with Gasteiger partial charge < -0.3 is 14.9 Å². The number of rotatable bonds is 6. The van der Waals surface area contributed by atoms with E-state index in [4.69, 9.17) is 0 Å². The van der Waals surface area contributed by atoms with Gasteiger partial charge in [0, 0.05) is 50.8 Å². The van der Waals surface area contributed by atoms with Crippen molar-refractivity contribution in [3.63, 3.8) is 0 Å². The molecule has 25 heavy (non-hydrogen) atoms. The first-order valence-electron chi connectivity index (χ1n) is 9.55. The van der Waals surface area contributed by atoms with Crippen molar-refractivity contribution in [3.8, 4) is 0 Å². The maximum atomic E-state index is 9.86. The summed E-state index contributed by atoms with van der Waals surface area (Å²) in [5.41, 5.74) is 1.38. The highest BCUT2D eigenvalue weighted by Gasteiger charge is 2.33. The topological polar surface area (TPSA) is 30.0 Å². The Balaban J connectivity index is 1.54. The molecule has 2 saturated heterocycles. The summed E-state index contributed by atoms with van der Waals surface area (Å²) in [5, 5.41) is 9.86. The van der Waals surface area contributed by atoms with Crippen molar-refractivity contribution in [2.45, 2.75) is 17.9 Å². The molecule has 0 unspecified atom stereocenters. The number of thioether (sulfide) groups is 1. The predicted octanol–water partition coefficient (Wildman–Crippen LogP) is 2.09. The molecule has 140 valence electrons. The number of likely N-dealkylation sites (N-methyl/N-ethyl adjacent to an activating group) is 1. The molecule has 0 saturated carbocycles. The lowest BCUT2D eigenvalue weighted by Crippen LogP contribution is -2.36. The molecule has 0 spiro atoms. The van der Waals surface area contributed by atoms with Crippen molar-refractivity contribution >= 4 is 11.8 Å². The van der Waals surface area contributed by atoms with E-state index in [9.17, 15) is 5.11 Å². The first-order valence-corrected chi connectivity index (χ1v) is 10.8. The van der Waals surface area contributed by atoms with Crippen LogP contribution in [0.4, 0.5) is 0 Å². The summed E-state index contributed by atoms with van der Waals surface area (Å²) in [6.45, 7) is 9.36. The van der Waals surface area contributed by atoms with Gasteiger partial charge in [-0.15, -0.1) is 11.8 Å². The molecule has 1 N–H and O–H groups in total. The van der Waals surface area contributed by atoms with Gasteiger partial charge in [0.15, 0.2) is 0 Å². The standard InChI is InChI=1S/C20H33N3OS/c1-21-8-3-9-22(11-10-21)13-18-14-23(15-19(18)16-24)12-17-4-6-20(25-2)7-5-17/h4-7,18-19,24H,3,8-16H2,1-2H3/t18-,19-/m1/s1. The van der Waals surface area contributed by atoms with Crippen LogP contribution in [0.5, 0.6) is 0 Å². The van der Waals surface area contributed by atoms with Crippen LogP contribution in [-0.4, -0.2) is 85.5 Å². The zero-order valence-electron chi connectivity index (χ0n) is 15.7. The Morgan fingerprint density at radius 2 is 1.76 bits per heavy atom. The van der Waals surface area contributed by atoms with Gasteiger partial charge in [0.2, 0.25) is 0 Å². The molecule has 5 heteroatoms. The second-order valence-electron chi connectivity index (χ2n) is 7.70. The maximum Gasteiger partial charge on any atom is 0.0475 e. The molecule has 2 heterocycles. The Labute approximate surface area is 157 Å². The van der Waals surface area contributed by atoms with Gasteiger partial charge in [0.05, 0.1) is 0 Å². The Hall–Kier alpha value is -0.590. The summed E-state index contributed by atoms with van der Waals surface area (Å²) in [7, 11) is 2.22. The van der Waals surface area contributed by atoms with E-state index < -0.39 is 0 Å². The summed E-state index contributed by atoms with van der Waals surface area (Å²) < 4.78 is 0. The van der Waals surface area contributed by atoms with E-state index in [1.54, 1.807) is 11.8 Å².